The van der Waals surface area contributed by atoms with Gasteiger partial charge in [-0.3, -0.25) is 19.4 Å². The molecule has 1 unspecified atom stereocenters. The molecule has 0 bridgehead atoms. The van der Waals surface area contributed by atoms with Gasteiger partial charge in [0.05, 0.1) is 11.3 Å². The topological polar surface area (TPSA) is 66.9 Å². The van der Waals surface area contributed by atoms with E-state index in [0.29, 0.717) is 11.8 Å². The minimum absolute atomic E-state index is 0.0858. The van der Waals surface area contributed by atoms with Gasteiger partial charge in [-0.2, -0.15) is 13.2 Å². The Morgan fingerprint density at radius 1 is 1.37 bits per heavy atom. The van der Waals surface area contributed by atoms with E-state index in [9.17, 15) is 22.8 Å². The van der Waals surface area contributed by atoms with Crippen molar-refractivity contribution in [3.63, 3.8) is 0 Å². The summed E-state index contributed by atoms with van der Waals surface area (Å²) in [7, 11) is 0. The standard InChI is InChI=1S/C10H12F3N3O2S/c1-4(2)16-8-6(9(18)15-16)7(10(11,12)13)19-3-5(17)14-8/h4,7H,3H2,1-2H3,(H,14,17)(H,15,18). The number of H-pyrrole nitrogens is 1. The van der Waals surface area contributed by atoms with Crippen molar-refractivity contribution in [1.29, 1.82) is 0 Å². The minimum atomic E-state index is -4.58. The quantitative estimate of drug-likeness (QED) is 0.833. The van der Waals surface area contributed by atoms with E-state index in [1.807, 2.05) is 0 Å². The molecule has 0 aliphatic carbocycles. The predicted octanol–water partition coefficient (Wildman–Crippen LogP) is 2.05. The van der Waals surface area contributed by atoms with E-state index >= 15 is 0 Å². The fraction of sp³-hybridized carbons (Fsp3) is 0.600. The Kier molecular flexibility index (Phi) is 3.41. The Morgan fingerprint density at radius 2 is 2.00 bits per heavy atom. The number of carbonyl (C=O) groups excluding carboxylic acids is 1. The smallest absolute Gasteiger partial charge is 0.310 e. The molecule has 19 heavy (non-hydrogen) atoms. The van der Waals surface area contributed by atoms with E-state index in [0.717, 1.165) is 0 Å². The van der Waals surface area contributed by atoms with Gasteiger partial charge in [0.1, 0.15) is 11.1 Å². The number of alkyl halides is 3. The molecule has 2 rings (SSSR count). The zero-order chi connectivity index (χ0) is 14.4. The lowest BCUT2D eigenvalue weighted by atomic mass is 10.2. The summed E-state index contributed by atoms with van der Waals surface area (Å²) < 4.78 is 40.2. The number of hydrogen-bond acceptors (Lipinski definition) is 3. The molecule has 1 atom stereocenters. The summed E-state index contributed by atoms with van der Waals surface area (Å²) >= 11 is 0.411. The number of hydrogen-bond donors (Lipinski definition) is 2. The van der Waals surface area contributed by atoms with Crippen LogP contribution in [0.4, 0.5) is 19.0 Å². The maximum absolute atomic E-state index is 13.0. The Balaban J connectivity index is 2.64. The van der Waals surface area contributed by atoms with Crippen molar-refractivity contribution >= 4 is 23.5 Å². The number of carbonyl (C=O) groups is 1. The Labute approximate surface area is 110 Å². The van der Waals surface area contributed by atoms with Crippen LogP contribution in [0, 0.1) is 0 Å². The molecule has 2 heterocycles. The number of rotatable bonds is 1. The predicted molar refractivity (Wildman–Crippen MR) is 65.3 cm³/mol. The molecule has 106 valence electrons. The molecule has 1 amide bonds. The zero-order valence-corrected chi connectivity index (χ0v) is 11.0. The molecule has 1 aromatic rings. The van der Waals surface area contributed by atoms with Gasteiger partial charge in [-0.25, -0.2) is 0 Å². The molecule has 1 aromatic heterocycles. The van der Waals surface area contributed by atoms with Crippen LogP contribution in [-0.2, 0) is 4.79 Å². The van der Waals surface area contributed by atoms with Crippen LogP contribution in [0.2, 0.25) is 0 Å². The van der Waals surface area contributed by atoms with Crippen molar-refractivity contribution in [2.24, 2.45) is 0 Å². The summed E-state index contributed by atoms with van der Waals surface area (Å²) in [4.78, 5) is 23.2. The third kappa shape index (κ3) is 2.51. The molecule has 0 radical (unpaired) electrons. The van der Waals surface area contributed by atoms with Crippen LogP contribution in [-0.4, -0.2) is 27.6 Å². The van der Waals surface area contributed by atoms with Crippen LogP contribution in [0.1, 0.15) is 30.7 Å². The van der Waals surface area contributed by atoms with Gasteiger partial charge in [-0.1, -0.05) is 0 Å². The van der Waals surface area contributed by atoms with Crippen molar-refractivity contribution in [1.82, 2.24) is 9.78 Å². The van der Waals surface area contributed by atoms with E-state index in [4.69, 9.17) is 0 Å². The Hall–Kier alpha value is -1.38. The summed E-state index contributed by atoms with van der Waals surface area (Å²) in [6.07, 6.45) is -4.58. The van der Waals surface area contributed by atoms with Crippen LogP contribution in [0.3, 0.4) is 0 Å². The number of fused-ring (bicyclic) bond motifs is 1. The average molecular weight is 295 g/mol. The molecular weight excluding hydrogens is 283 g/mol. The van der Waals surface area contributed by atoms with Gasteiger partial charge in [-0.15, -0.1) is 11.8 Å². The SMILES string of the molecule is CC(C)n1[nH]c(=O)c2c1NC(=O)CSC2C(F)(F)F. The molecule has 1 aliphatic rings. The molecule has 5 nitrogen and oxygen atoms in total. The molecule has 0 saturated heterocycles. The molecule has 9 heteroatoms. The number of thioether (sulfide) groups is 1. The van der Waals surface area contributed by atoms with Crippen LogP contribution < -0.4 is 10.9 Å². The first-order chi connectivity index (χ1) is 8.71. The third-order valence-electron chi connectivity index (χ3n) is 2.68. The number of halogens is 3. The molecule has 0 saturated carbocycles. The highest BCUT2D eigenvalue weighted by Gasteiger charge is 2.46. The first-order valence-corrected chi connectivity index (χ1v) is 6.59. The second-order valence-electron chi connectivity index (χ2n) is 4.45. The first-order valence-electron chi connectivity index (χ1n) is 5.54. The van der Waals surface area contributed by atoms with Gasteiger partial charge in [0.2, 0.25) is 5.91 Å². The minimum Gasteiger partial charge on any atom is -0.310 e. The van der Waals surface area contributed by atoms with Crippen molar-refractivity contribution in [3.8, 4) is 0 Å². The van der Waals surface area contributed by atoms with Crippen molar-refractivity contribution in [2.45, 2.75) is 31.3 Å². The highest BCUT2D eigenvalue weighted by atomic mass is 32.2. The van der Waals surface area contributed by atoms with E-state index < -0.39 is 28.5 Å². The van der Waals surface area contributed by atoms with Gasteiger partial charge < -0.3 is 5.32 Å². The second kappa shape index (κ2) is 4.62. The first kappa shape index (κ1) is 14.0. The molecule has 0 spiro atoms. The summed E-state index contributed by atoms with van der Waals surface area (Å²) in [5.74, 6) is -0.972. The van der Waals surface area contributed by atoms with E-state index in [-0.39, 0.29) is 17.6 Å². The number of amides is 1. The lowest BCUT2D eigenvalue weighted by molar-refractivity contribution is -0.129. The second-order valence-corrected chi connectivity index (χ2v) is 5.54. The molecule has 0 aromatic carbocycles. The Bertz CT molecular complexity index is 561. The fourth-order valence-electron chi connectivity index (χ4n) is 1.89. The zero-order valence-electron chi connectivity index (χ0n) is 10.2. The monoisotopic (exact) mass is 295 g/mol. The Morgan fingerprint density at radius 3 is 2.53 bits per heavy atom. The summed E-state index contributed by atoms with van der Waals surface area (Å²) in [6, 6.07) is -0.270. The van der Waals surface area contributed by atoms with E-state index in [1.54, 1.807) is 13.8 Å². The highest BCUT2D eigenvalue weighted by Crippen LogP contribution is 2.46. The molecule has 1 aliphatic heterocycles. The van der Waals surface area contributed by atoms with Gasteiger partial charge in [0.25, 0.3) is 5.56 Å². The third-order valence-corrected chi connectivity index (χ3v) is 3.94. The van der Waals surface area contributed by atoms with Crippen LogP contribution >= 0.6 is 11.8 Å². The maximum Gasteiger partial charge on any atom is 0.404 e. The van der Waals surface area contributed by atoms with Gasteiger partial charge in [0.15, 0.2) is 0 Å². The fourth-order valence-corrected chi connectivity index (χ4v) is 2.85. The maximum atomic E-state index is 13.0. The van der Waals surface area contributed by atoms with Crippen molar-refractivity contribution in [2.75, 3.05) is 11.1 Å². The molecular formula is C10H12F3N3O2S. The average Bonchev–Trinajstić information content (AvgIpc) is 2.47. The van der Waals surface area contributed by atoms with Gasteiger partial charge in [0, 0.05) is 6.04 Å². The molecule has 0 fully saturated rings. The number of nitrogens with one attached hydrogen (secondary N) is 2. The van der Waals surface area contributed by atoms with Gasteiger partial charge >= 0.3 is 6.18 Å². The number of aromatic amines is 1. The van der Waals surface area contributed by atoms with Crippen molar-refractivity contribution < 1.29 is 18.0 Å². The van der Waals surface area contributed by atoms with E-state index in [1.165, 1.54) is 4.68 Å². The van der Waals surface area contributed by atoms with Gasteiger partial charge in [-0.05, 0) is 13.8 Å². The van der Waals surface area contributed by atoms with Crippen LogP contribution in [0.15, 0.2) is 4.79 Å². The summed E-state index contributed by atoms with van der Waals surface area (Å²) in [5, 5.41) is 2.71. The van der Waals surface area contributed by atoms with E-state index in [2.05, 4.69) is 10.4 Å². The number of anilines is 1. The summed E-state index contributed by atoms with van der Waals surface area (Å²) in [5.41, 5.74) is -1.25. The highest BCUT2D eigenvalue weighted by molar-refractivity contribution is 8.00. The lowest BCUT2D eigenvalue weighted by Crippen LogP contribution is -2.23. The number of nitrogens with zero attached hydrogens (tertiary/aromatic N) is 1. The number of aromatic nitrogens is 2. The molecule has 2 N–H and O–H groups in total. The summed E-state index contributed by atoms with van der Waals surface area (Å²) in [6.45, 7) is 3.39. The normalized spacial score (nSPS) is 20.1. The largest absolute Gasteiger partial charge is 0.404 e. The van der Waals surface area contributed by atoms with Crippen LogP contribution in [0.5, 0.6) is 0 Å². The van der Waals surface area contributed by atoms with Crippen molar-refractivity contribution in [3.05, 3.63) is 15.9 Å². The van der Waals surface area contributed by atoms with Crippen LogP contribution in [0.25, 0.3) is 0 Å². The lowest BCUT2D eigenvalue weighted by Gasteiger charge is -2.17.